The average molecular weight is 462 g/mol. The van der Waals surface area contributed by atoms with Crippen LogP contribution in [0.15, 0.2) is 42.6 Å². The molecule has 0 unspecified atom stereocenters. The van der Waals surface area contributed by atoms with Crippen molar-refractivity contribution >= 4 is 10.9 Å². The van der Waals surface area contributed by atoms with Gasteiger partial charge in [-0.15, -0.1) is 0 Å². The normalized spacial score (nSPS) is 14.7. The van der Waals surface area contributed by atoms with Gasteiger partial charge in [-0.05, 0) is 74.1 Å². The van der Waals surface area contributed by atoms with Gasteiger partial charge in [0, 0.05) is 17.5 Å². The molecule has 0 spiro atoms. The molecule has 0 amide bonds. The summed E-state index contributed by atoms with van der Waals surface area (Å²) in [5.41, 5.74) is 5.42. The molecule has 0 radical (unpaired) electrons. The lowest BCUT2D eigenvalue weighted by atomic mass is 9.89. The van der Waals surface area contributed by atoms with E-state index in [9.17, 15) is 0 Å². The molecule has 0 bridgehead atoms. The molecule has 1 aliphatic heterocycles. The molecule has 2 aromatic heterocycles. The fourth-order valence-corrected chi connectivity index (χ4v) is 5.07. The zero-order valence-corrected chi connectivity index (χ0v) is 19.5. The van der Waals surface area contributed by atoms with E-state index in [4.69, 9.17) is 0 Å². The van der Waals surface area contributed by atoms with Crippen LogP contribution >= 0.6 is 0 Å². The van der Waals surface area contributed by atoms with Gasteiger partial charge < -0.3 is 10.6 Å². The lowest BCUT2D eigenvalue weighted by Crippen LogP contribution is -2.26. The Kier molecular flexibility index (Phi) is 6.39. The number of hydrogen-bond acceptors (Lipinski definition) is 4. The van der Waals surface area contributed by atoms with Crippen LogP contribution in [-0.4, -0.2) is 35.3 Å². The average Bonchev–Trinajstić information content (AvgIpc) is 3.29. The molecule has 0 atom stereocenters. The summed E-state index contributed by atoms with van der Waals surface area (Å²) < 4.78 is 30.1. The van der Waals surface area contributed by atoms with Crippen molar-refractivity contribution in [1.82, 2.24) is 25.8 Å². The first-order valence-electron chi connectivity index (χ1n) is 11.9. The fourth-order valence-electron chi connectivity index (χ4n) is 5.07. The molecule has 1 aliphatic rings. The predicted octanol–water partition coefficient (Wildman–Crippen LogP) is 5.32. The van der Waals surface area contributed by atoms with Crippen molar-refractivity contribution in [2.24, 2.45) is 0 Å². The number of halogens is 2. The molecule has 7 heteroatoms. The lowest BCUT2D eigenvalue weighted by molar-refractivity contribution is 0.460. The molecule has 4 aromatic rings. The van der Waals surface area contributed by atoms with Crippen LogP contribution in [0.25, 0.3) is 33.4 Å². The van der Waals surface area contributed by atoms with Crippen LogP contribution in [-0.2, 0) is 13.0 Å². The summed E-state index contributed by atoms with van der Waals surface area (Å²) in [6.07, 6.45) is 4.47. The molecule has 176 valence electrons. The van der Waals surface area contributed by atoms with Gasteiger partial charge in [-0.2, -0.15) is 5.10 Å². The number of hydrogen-bond donors (Lipinski definition) is 3. The third-order valence-corrected chi connectivity index (χ3v) is 6.77. The van der Waals surface area contributed by atoms with Crippen LogP contribution in [0.1, 0.15) is 42.4 Å². The van der Waals surface area contributed by atoms with Crippen LogP contribution in [0.5, 0.6) is 0 Å². The molecule has 1 fully saturated rings. The van der Waals surface area contributed by atoms with Crippen molar-refractivity contribution in [3.05, 3.63) is 70.9 Å². The van der Waals surface area contributed by atoms with E-state index in [1.54, 1.807) is 13.2 Å². The maximum absolute atomic E-state index is 15.1. The maximum atomic E-state index is 15.1. The standard InChI is InChI=1S/C27H29F2N5/c1-3-20-24-23(15-32-27(20)25-21(28)12-16(14-30-2)13-22(25)29)33-34-26(24)19-6-4-17(5-7-19)18-8-10-31-11-9-18/h4-7,12-13,15,18,30-31H,3,8-11,14H2,1-2H3,(H,33,34). The van der Waals surface area contributed by atoms with Gasteiger partial charge in [0.15, 0.2) is 0 Å². The summed E-state index contributed by atoms with van der Waals surface area (Å²) >= 11 is 0. The second-order valence-corrected chi connectivity index (χ2v) is 8.91. The highest BCUT2D eigenvalue weighted by Gasteiger charge is 2.22. The Morgan fingerprint density at radius 1 is 1.03 bits per heavy atom. The predicted molar refractivity (Wildman–Crippen MR) is 132 cm³/mol. The number of aryl methyl sites for hydroxylation is 1. The maximum Gasteiger partial charge on any atom is 0.135 e. The van der Waals surface area contributed by atoms with Crippen LogP contribution in [0.2, 0.25) is 0 Å². The Balaban J connectivity index is 1.59. The molecular formula is C27H29F2N5. The quantitative estimate of drug-likeness (QED) is 0.364. The monoisotopic (exact) mass is 461 g/mol. The van der Waals surface area contributed by atoms with Gasteiger partial charge in [0.2, 0.25) is 0 Å². The van der Waals surface area contributed by atoms with E-state index in [1.807, 2.05) is 6.92 Å². The number of pyridine rings is 1. The van der Waals surface area contributed by atoms with E-state index in [0.29, 0.717) is 30.1 Å². The highest BCUT2D eigenvalue weighted by Crippen LogP contribution is 2.37. The van der Waals surface area contributed by atoms with Crippen molar-refractivity contribution < 1.29 is 8.78 Å². The summed E-state index contributed by atoms with van der Waals surface area (Å²) in [6, 6.07) is 11.3. The van der Waals surface area contributed by atoms with Crippen molar-refractivity contribution in [3.63, 3.8) is 0 Å². The van der Waals surface area contributed by atoms with Gasteiger partial charge in [0.05, 0.1) is 23.0 Å². The minimum absolute atomic E-state index is 0.0907. The number of piperidine rings is 1. The van der Waals surface area contributed by atoms with Gasteiger partial charge in [-0.25, -0.2) is 8.78 Å². The Bertz CT molecular complexity index is 1280. The number of aromatic amines is 1. The molecule has 3 N–H and O–H groups in total. The minimum atomic E-state index is -0.608. The first-order chi connectivity index (χ1) is 16.6. The van der Waals surface area contributed by atoms with Gasteiger partial charge in [0.1, 0.15) is 17.3 Å². The smallest absolute Gasteiger partial charge is 0.135 e. The van der Waals surface area contributed by atoms with Gasteiger partial charge in [-0.1, -0.05) is 31.2 Å². The summed E-state index contributed by atoms with van der Waals surface area (Å²) in [7, 11) is 1.74. The van der Waals surface area contributed by atoms with Crippen LogP contribution < -0.4 is 10.6 Å². The Morgan fingerprint density at radius 2 is 1.74 bits per heavy atom. The molecule has 2 aromatic carbocycles. The largest absolute Gasteiger partial charge is 0.317 e. The molecule has 1 saturated heterocycles. The van der Waals surface area contributed by atoms with E-state index in [0.717, 1.165) is 53.7 Å². The number of fused-ring (bicyclic) bond motifs is 1. The first-order valence-corrected chi connectivity index (χ1v) is 11.9. The molecule has 5 nitrogen and oxygen atoms in total. The highest BCUT2D eigenvalue weighted by molar-refractivity contribution is 5.98. The molecule has 34 heavy (non-hydrogen) atoms. The van der Waals surface area contributed by atoms with Crippen LogP contribution in [0.4, 0.5) is 8.78 Å². The third kappa shape index (κ3) is 4.10. The number of rotatable bonds is 6. The first kappa shape index (κ1) is 22.6. The Labute approximate surface area is 198 Å². The number of aromatic nitrogens is 3. The van der Waals surface area contributed by atoms with Crippen LogP contribution in [0.3, 0.4) is 0 Å². The Hall–Kier alpha value is -3.16. The van der Waals surface area contributed by atoms with Gasteiger partial charge in [-0.3, -0.25) is 10.1 Å². The van der Waals surface area contributed by atoms with E-state index in [1.165, 1.54) is 17.7 Å². The molecular weight excluding hydrogens is 432 g/mol. The van der Waals surface area contributed by atoms with Crippen molar-refractivity contribution in [1.29, 1.82) is 0 Å². The van der Waals surface area contributed by atoms with E-state index >= 15 is 8.78 Å². The minimum Gasteiger partial charge on any atom is -0.317 e. The summed E-state index contributed by atoms with van der Waals surface area (Å²) in [4.78, 5) is 4.45. The van der Waals surface area contributed by atoms with E-state index in [-0.39, 0.29) is 5.56 Å². The SMILES string of the molecule is CCc1c(-c2c(F)cc(CNC)cc2F)ncc2[nH]nc(-c3ccc(C4CCNCC4)cc3)c12. The van der Waals surface area contributed by atoms with Crippen molar-refractivity contribution in [2.45, 2.75) is 38.6 Å². The Morgan fingerprint density at radius 3 is 2.38 bits per heavy atom. The fraction of sp³-hybridized carbons (Fsp3) is 0.333. The van der Waals surface area contributed by atoms with Crippen molar-refractivity contribution in [2.75, 3.05) is 20.1 Å². The number of nitrogens with one attached hydrogen (secondary N) is 3. The summed E-state index contributed by atoms with van der Waals surface area (Å²) in [5.74, 6) is -0.642. The molecule has 3 heterocycles. The topological polar surface area (TPSA) is 65.6 Å². The second kappa shape index (κ2) is 9.60. The molecule has 0 saturated carbocycles. The molecule has 5 rings (SSSR count). The van der Waals surface area contributed by atoms with Gasteiger partial charge >= 0.3 is 0 Å². The number of H-pyrrole nitrogens is 1. The summed E-state index contributed by atoms with van der Waals surface area (Å²) in [5, 5.41) is 14.8. The zero-order chi connectivity index (χ0) is 23.7. The zero-order valence-electron chi connectivity index (χ0n) is 19.5. The summed E-state index contributed by atoms with van der Waals surface area (Å²) in [6.45, 7) is 4.47. The van der Waals surface area contributed by atoms with Crippen LogP contribution in [0, 0.1) is 11.6 Å². The number of benzene rings is 2. The number of nitrogens with zero attached hydrogens (tertiary/aromatic N) is 2. The van der Waals surface area contributed by atoms with Gasteiger partial charge in [0.25, 0.3) is 0 Å². The van der Waals surface area contributed by atoms with Crippen molar-refractivity contribution in [3.8, 4) is 22.5 Å². The van der Waals surface area contributed by atoms with E-state index in [2.05, 4.69) is 50.1 Å². The van der Waals surface area contributed by atoms with E-state index < -0.39 is 11.6 Å². The third-order valence-electron chi connectivity index (χ3n) is 6.77. The highest BCUT2D eigenvalue weighted by atomic mass is 19.1. The lowest BCUT2D eigenvalue weighted by Gasteiger charge is -2.23. The second-order valence-electron chi connectivity index (χ2n) is 8.91. The molecule has 0 aliphatic carbocycles.